The van der Waals surface area contributed by atoms with E-state index in [2.05, 4.69) is 66.8 Å². The highest BCUT2D eigenvalue weighted by atomic mass is 14.9. The van der Waals surface area contributed by atoms with Gasteiger partial charge in [-0.05, 0) is 54.4 Å². The molecule has 3 aromatic rings. The molecule has 21 heavy (non-hydrogen) atoms. The highest BCUT2D eigenvalue weighted by molar-refractivity contribution is 6.07. The minimum Gasteiger partial charge on any atom is -0.317 e. The fourth-order valence-corrected chi connectivity index (χ4v) is 2.92. The third kappa shape index (κ3) is 3.43. The van der Waals surface area contributed by atoms with E-state index in [0.29, 0.717) is 0 Å². The van der Waals surface area contributed by atoms with Crippen molar-refractivity contribution in [3.05, 3.63) is 60.2 Å². The van der Waals surface area contributed by atoms with Crippen LogP contribution in [0.4, 0.5) is 0 Å². The van der Waals surface area contributed by atoms with Crippen molar-refractivity contribution in [2.24, 2.45) is 0 Å². The molecule has 0 bridgehead atoms. The molecule has 108 valence electrons. The zero-order valence-electron chi connectivity index (χ0n) is 12.7. The summed E-state index contributed by atoms with van der Waals surface area (Å²) in [7, 11) is 0. The summed E-state index contributed by atoms with van der Waals surface area (Å²) in [5, 5.41) is 8.62. The third-order valence-electron chi connectivity index (χ3n) is 4.11. The Labute approximate surface area is 127 Å². The van der Waals surface area contributed by atoms with Crippen molar-refractivity contribution in [3.8, 4) is 0 Å². The maximum absolute atomic E-state index is 3.28. The first-order chi connectivity index (χ1) is 10.3. The van der Waals surface area contributed by atoms with Crippen LogP contribution in [-0.2, 0) is 0 Å². The normalized spacial score (nSPS) is 14.7. The molecule has 0 radical (unpaired) electrons. The summed E-state index contributed by atoms with van der Waals surface area (Å²) >= 11 is 0. The van der Waals surface area contributed by atoms with Gasteiger partial charge in [-0.15, -0.1) is 0 Å². The maximum atomic E-state index is 3.28. The lowest BCUT2D eigenvalue weighted by molar-refractivity contribution is 0.520. The number of hydrogen-bond donors (Lipinski definition) is 1. The lowest BCUT2D eigenvalue weighted by atomic mass is 10.0. The van der Waals surface area contributed by atoms with Gasteiger partial charge >= 0.3 is 0 Å². The van der Waals surface area contributed by atoms with E-state index in [4.69, 9.17) is 0 Å². The standard InChI is InChI=1S/C15H12.C5H11N/c1-11-6-7-13-9-8-12-4-2-3-5-14(12)15(13)10-11;1-2-4-6-5-3-1/h2-10H,1H3;6H,1-5H2. The monoisotopic (exact) mass is 277 g/mol. The molecule has 0 unspecified atom stereocenters. The van der Waals surface area contributed by atoms with Crippen LogP contribution in [0.5, 0.6) is 0 Å². The predicted octanol–water partition coefficient (Wildman–Crippen LogP) is 5.06. The summed E-state index contributed by atoms with van der Waals surface area (Å²) in [5.74, 6) is 0. The second kappa shape index (κ2) is 6.73. The summed E-state index contributed by atoms with van der Waals surface area (Å²) in [5.41, 5.74) is 1.32. The van der Waals surface area contributed by atoms with E-state index in [1.165, 1.54) is 59.5 Å². The lowest BCUT2D eigenvalue weighted by Gasteiger charge is -2.08. The van der Waals surface area contributed by atoms with E-state index >= 15 is 0 Å². The summed E-state index contributed by atoms with van der Waals surface area (Å²) in [6, 6.07) is 19.5. The van der Waals surface area contributed by atoms with E-state index in [9.17, 15) is 0 Å². The van der Waals surface area contributed by atoms with Crippen LogP contribution in [0.15, 0.2) is 54.6 Å². The summed E-state index contributed by atoms with van der Waals surface area (Å²) in [4.78, 5) is 0. The molecule has 1 nitrogen and oxygen atoms in total. The van der Waals surface area contributed by atoms with Crippen LogP contribution in [0, 0.1) is 6.92 Å². The molecule has 1 saturated heterocycles. The minimum absolute atomic E-state index is 1.25. The minimum atomic E-state index is 1.25. The molecule has 1 aliphatic rings. The Morgan fingerprint density at radius 2 is 1.38 bits per heavy atom. The Kier molecular flexibility index (Phi) is 4.52. The van der Waals surface area contributed by atoms with E-state index in [-0.39, 0.29) is 0 Å². The largest absolute Gasteiger partial charge is 0.317 e. The van der Waals surface area contributed by atoms with E-state index < -0.39 is 0 Å². The molecular formula is C20H23N. The first-order valence-electron chi connectivity index (χ1n) is 7.93. The van der Waals surface area contributed by atoms with Gasteiger partial charge in [-0.25, -0.2) is 0 Å². The molecule has 1 aliphatic heterocycles. The van der Waals surface area contributed by atoms with Crippen molar-refractivity contribution in [2.45, 2.75) is 26.2 Å². The summed E-state index contributed by atoms with van der Waals surface area (Å²) < 4.78 is 0. The van der Waals surface area contributed by atoms with Gasteiger partial charge < -0.3 is 5.32 Å². The Hall–Kier alpha value is -1.86. The van der Waals surface area contributed by atoms with Crippen LogP contribution >= 0.6 is 0 Å². The highest BCUT2D eigenvalue weighted by Gasteiger charge is 1.99. The number of benzene rings is 3. The van der Waals surface area contributed by atoms with Crippen molar-refractivity contribution in [3.63, 3.8) is 0 Å². The highest BCUT2D eigenvalue weighted by Crippen LogP contribution is 2.25. The quantitative estimate of drug-likeness (QED) is 0.566. The van der Waals surface area contributed by atoms with Crippen LogP contribution < -0.4 is 5.32 Å². The SMILES string of the molecule is C1CCNCC1.Cc1ccc2ccc3ccccc3c2c1. The molecule has 0 aliphatic carbocycles. The van der Waals surface area contributed by atoms with E-state index in [1.54, 1.807) is 0 Å². The van der Waals surface area contributed by atoms with Crippen molar-refractivity contribution < 1.29 is 0 Å². The third-order valence-corrected chi connectivity index (χ3v) is 4.11. The van der Waals surface area contributed by atoms with Gasteiger partial charge in [0.05, 0.1) is 0 Å². The molecule has 4 rings (SSSR count). The molecule has 1 heteroatoms. The molecular weight excluding hydrogens is 254 g/mol. The molecule has 1 fully saturated rings. The number of aryl methyl sites for hydroxylation is 1. The van der Waals surface area contributed by atoms with Crippen molar-refractivity contribution in [1.82, 2.24) is 5.32 Å². The fourth-order valence-electron chi connectivity index (χ4n) is 2.92. The second-order valence-electron chi connectivity index (χ2n) is 5.82. The Morgan fingerprint density at radius 1 is 0.714 bits per heavy atom. The number of fused-ring (bicyclic) bond motifs is 3. The van der Waals surface area contributed by atoms with Crippen molar-refractivity contribution >= 4 is 21.5 Å². The van der Waals surface area contributed by atoms with Gasteiger partial charge in [-0.2, -0.15) is 0 Å². The zero-order chi connectivity index (χ0) is 14.5. The Bertz CT molecular complexity index is 715. The van der Waals surface area contributed by atoms with Crippen LogP contribution in [0.25, 0.3) is 21.5 Å². The van der Waals surface area contributed by atoms with Crippen molar-refractivity contribution in [1.29, 1.82) is 0 Å². The fraction of sp³-hybridized carbons (Fsp3) is 0.300. The molecule has 0 spiro atoms. The molecule has 3 aromatic carbocycles. The van der Waals surface area contributed by atoms with Crippen LogP contribution in [0.1, 0.15) is 24.8 Å². The maximum Gasteiger partial charge on any atom is -0.00489 e. The predicted molar refractivity (Wildman–Crippen MR) is 92.9 cm³/mol. The second-order valence-corrected chi connectivity index (χ2v) is 5.82. The van der Waals surface area contributed by atoms with Gasteiger partial charge in [0.1, 0.15) is 0 Å². The summed E-state index contributed by atoms with van der Waals surface area (Å²) in [6.45, 7) is 4.64. The van der Waals surface area contributed by atoms with Gasteiger partial charge in [-0.1, -0.05) is 66.6 Å². The molecule has 0 atom stereocenters. The first-order valence-corrected chi connectivity index (χ1v) is 7.93. The average Bonchev–Trinajstić information content (AvgIpc) is 2.57. The number of nitrogens with one attached hydrogen (secondary N) is 1. The van der Waals surface area contributed by atoms with E-state index in [0.717, 1.165) is 0 Å². The van der Waals surface area contributed by atoms with E-state index in [1.807, 2.05) is 0 Å². The molecule has 1 heterocycles. The zero-order valence-corrected chi connectivity index (χ0v) is 12.7. The van der Waals surface area contributed by atoms with Crippen LogP contribution in [-0.4, -0.2) is 13.1 Å². The lowest BCUT2D eigenvalue weighted by Crippen LogP contribution is -2.21. The van der Waals surface area contributed by atoms with Gasteiger partial charge in [0.15, 0.2) is 0 Å². The number of rotatable bonds is 0. The molecule has 1 N–H and O–H groups in total. The molecule has 0 aromatic heterocycles. The Morgan fingerprint density at radius 3 is 2.05 bits per heavy atom. The van der Waals surface area contributed by atoms with Gasteiger partial charge in [-0.3, -0.25) is 0 Å². The van der Waals surface area contributed by atoms with Crippen LogP contribution in [0.2, 0.25) is 0 Å². The summed E-state index contributed by atoms with van der Waals surface area (Å²) in [6.07, 6.45) is 4.22. The molecule has 0 saturated carbocycles. The number of hydrogen-bond acceptors (Lipinski definition) is 1. The Balaban J connectivity index is 0.000000186. The van der Waals surface area contributed by atoms with Crippen LogP contribution in [0.3, 0.4) is 0 Å². The smallest absolute Gasteiger partial charge is 0.00489 e. The molecule has 0 amide bonds. The van der Waals surface area contributed by atoms with Crippen molar-refractivity contribution in [2.75, 3.05) is 13.1 Å². The first kappa shape index (κ1) is 14.1. The number of piperidine rings is 1. The van der Waals surface area contributed by atoms with Gasteiger partial charge in [0.2, 0.25) is 0 Å². The van der Waals surface area contributed by atoms with Gasteiger partial charge in [0.25, 0.3) is 0 Å². The average molecular weight is 277 g/mol. The van der Waals surface area contributed by atoms with Gasteiger partial charge in [0, 0.05) is 0 Å². The topological polar surface area (TPSA) is 12.0 Å².